The Labute approximate surface area is 169 Å². The van der Waals surface area contributed by atoms with E-state index < -0.39 is 0 Å². The Balaban J connectivity index is 1.92. The van der Waals surface area contributed by atoms with E-state index in [1.807, 2.05) is 41.8 Å². The summed E-state index contributed by atoms with van der Waals surface area (Å²) >= 11 is 0. The van der Waals surface area contributed by atoms with Gasteiger partial charge >= 0.3 is 0 Å². The van der Waals surface area contributed by atoms with Gasteiger partial charge in [0.05, 0.1) is 38.4 Å². The summed E-state index contributed by atoms with van der Waals surface area (Å²) in [5, 5.41) is 3.00. The first-order valence-corrected chi connectivity index (χ1v) is 9.21. The highest BCUT2D eigenvalue weighted by molar-refractivity contribution is 5.96. The fourth-order valence-corrected chi connectivity index (χ4v) is 3.30. The topological polar surface area (TPSA) is 74.6 Å². The van der Waals surface area contributed by atoms with Crippen LogP contribution >= 0.6 is 0 Å². The first-order chi connectivity index (χ1) is 14.0. The normalized spacial score (nSPS) is 11.7. The zero-order valence-corrected chi connectivity index (χ0v) is 17.1. The number of hydrogen-bond donors (Lipinski definition) is 1. The second-order valence-electron chi connectivity index (χ2n) is 6.47. The molecule has 7 nitrogen and oxygen atoms in total. The van der Waals surface area contributed by atoms with E-state index in [9.17, 15) is 4.79 Å². The van der Waals surface area contributed by atoms with E-state index in [2.05, 4.69) is 11.9 Å². The number of ether oxygens (including phenoxy) is 3. The van der Waals surface area contributed by atoms with Gasteiger partial charge < -0.3 is 24.1 Å². The van der Waals surface area contributed by atoms with E-state index in [1.54, 1.807) is 12.1 Å². The summed E-state index contributed by atoms with van der Waals surface area (Å²) < 4.78 is 18.0. The van der Waals surface area contributed by atoms with Crippen LogP contribution < -0.4 is 19.5 Å². The van der Waals surface area contributed by atoms with E-state index in [4.69, 9.17) is 19.2 Å². The molecule has 0 bridgehead atoms. The molecular formula is C22H25N3O4. The number of aromatic nitrogens is 2. The molecule has 2 aromatic carbocycles. The molecule has 152 valence electrons. The standard InChI is InChI=1S/C22H25N3O4/c1-6-11-25-17-10-8-7-9-16(17)24-21(25)14(2)23-22(26)15-12-18(27-3)20(29-5)19(13-15)28-4/h6-10,12-14H,1,11H2,2-5H3,(H,23,26). The quantitative estimate of drug-likeness (QED) is 0.588. The number of nitrogens with one attached hydrogen (secondary N) is 1. The number of nitrogens with zero attached hydrogens (tertiary/aromatic N) is 2. The smallest absolute Gasteiger partial charge is 0.252 e. The van der Waals surface area contributed by atoms with Crippen LogP contribution in [0.5, 0.6) is 17.2 Å². The lowest BCUT2D eigenvalue weighted by atomic mass is 10.1. The summed E-state index contributed by atoms with van der Waals surface area (Å²) in [7, 11) is 4.55. The zero-order chi connectivity index (χ0) is 21.0. The Morgan fingerprint density at radius 3 is 2.41 bits per heavy atom. The van der Waals surface area contributed by atoms with Crippen molar-refractivity contribution < 1.29 is 19.0 Å². The highest BCUT2D eigenvalue weighted by atomic mass is 16.5. The third-order valence-electron chi connectivity index (χ3n) is 4.66. The molecule has 7 heteroatoms. The number of imidazole rings is 1. The van der Waals surface area contributed by atoms with Crippen molar-refractivity contribution in [1.82, 2.24) is 14.9 Å². The first-order valence-electron chi connectivity index (χ1n) is 9.21. The molecule has 0 fully saturated rings. The van der Waals surface area contributed by atoms with Gasteiger partial charge in [-0.05, 0) is 31.2 Å². The number of carbonyl (C=O) groups is 1. The fraction of sp³-hybridized carbons (Fsp3) is 0.273. The van der Waals surface area contributed by atoms with Crippen LogP contribution in [0.25, 0.3) is 11.0 Å². The molecule has 1 atom stereocenters. The molecule has 29 heavy (non-hydrogen) atoms. The summed E-state index contributed by atoms with van der Waals surface area (Å²) in [5.74, 6) is 1.76. The van der Waals surface area contributed by atoms with Gasteiger partial charge in [-0.1, -0.05) is 18.2 Å². The Kier molecular flexibility index (Phi) is 6.07. The molecule has 0 saturated carbocycles. The van der Waals surface area contributed by atoms with E-state index in [0.717, 1.165) is 16.9 Å². The molecule has 0 radical (unpaired) electrons. The highest BCUT2D eigenvalue weighted by Gasteiger charge is 2.21. The van der Waals surface area contributed by atoms with Gasteiger partial charge in [-0.2, -0.15) is 0 Å². The van der Waals surface area contributed by atoms with Crippen molar-refractivity contribution in [3.05, 3.63) is 60.4 Å². The molecular weight excluding hydrogens is 370 g/mol. The Bertz CT molecular complexity index is 1020. The SMILES string of the molecule is C=CCn1c(C(C)NC(=O)c2cc(OC)c(OC)c(OC)c2)nc2ccccc21. The molecule has 0 saturated heterocycles. The average molecular weight is 395 g/mol. The minimum Gasteiger partial charge on any atom is -0.493 e. The molecule has 1 heterocycles. The van der Waals surface area contributed by atoms with Gasteiger partial charge in [0.15, 0.2) is 11.5 Å². The van der Waals surface area contributed by atoms with Crippen molar-refractivity contribution >= 4 is 16.9 Å². The number of rotatable bonds is 8. The summed E-state index contributed by atoms with van der Waals surface area (Å²) in [6.45, 7) is 6.33. The predicted molar refractivity (Wildman–Crippen MR) is 112 cm³/mol. The first kappa shape index (κ1) is 20.3. The summed E-state index contributed by atoms with van der Waals surface area (Å²) in [6.07, 6.45) is 1.81. The number of amides is 1. The molecule has 1 amide bonds. The maximum absolute atomic E-state index is 12.9. The molecule has 3 rings (SSSR count). The van der Waals surface area contributed by atoms with Crippen molar-refractivity contribution in [3.63, 3.8) is 0 Å². The number of para-hydroxylation sites is 2. The molecule has 0 aliphatic rings. The summed E-state index contributed by atoms with van der Waals surface area (Å²) in [6, 6.07) is 10.8. The Hall–Kier alpha value is -3.48. The van der Waals surface area contributed by atoms with Crippen LogP contribution in [0, 0.1) is 0 Å². The Morgan fingerprint density at radius 1 is 1.17 bits per heavy atom. The van der Waals surface area contributed by atoms with Gasteiger partial charge in [0.25, 0.3) is 5.91 Å². The zero-order valence-electron chi connectivity index (χ0n) is 17.1. The molecule has 3 aromatic rings. The predicted octanol–water partition coefficient (Wildman–Crippen LogP) is 3.74. The Morgan fingerprint density at radius 2 is 1.83 bits per heavy atom. The number of hydrogen-bond acceptors (Lipinski definition) is 5. The van der Waals surface area contributed by atoms with Crippen LogP contribution in [0.3, 0.4) is 0 Å². The van der Waals surface area contributed by atoms with Crippen molar-refractivity contribution in [1.29, 1.82) is 0 Å². The monoisotopic (exact) mass is 395 g/mol. The second-order valence-corrected chi connectivity index (χ2v) is 6.47. The largest absolute Gasteiger partial charge is 0.493 e. The fourth-order valence-electron chi connectivity index (χ4n) is 3.30. The lowest BCUT2D eigenvalue weighted by molar-refractivity contribution is 0.0937. The molecule has 0 aliphatic heterocycles. The van der Waals surface area contributed by atoms with Crippen LogP contribution in [0.15, 0.2) is 49.1 Å². The number of methoxy groups -OCH3 is 3. The lowest BCUT2D eigenvalue weighted by Gasteiger charge is -2.17. The van der Waals surface area contributed by atoms with Crippen LogP contribution in [0.2, 0.25) is 0 Å². The highest BCUT2D eigenvalue weighted by Crippen LogP contribution is 2.38. The van der Waals surface area contributed by atoms with Gasteiger partial charge in [-0.25, -0.2) is 4.98 Å². The summed E-state index contributed by atoms with van der Waals surface area (Å²) in [4.78, 5) is 17.6. The number of benzene rings is 2. The van der Waals surface area contributed by atoms with Crippen LogP contribution in [-0.4, -0.2) is 36.8 Å². The minimum atomic E-state index is -0.325. The van der Waals surface area contributed by atoms with E-state index in [-0.39, 0.29) is 11.9 Å². The maximum Gasteiger partial charge on any atom is 0.252 e. The third kappa shape index (κ3) is 3.89. The van der Waals surface area contributed by atoms with Crippen molar-refractivity contribution in [2.24, 2.45) is 0 Å². The second kappa shape index (κ2) is 8.68. The van der Waals surface area contributed by atoms with Crippen LogP contribution in [0.4, 0.5) is 0 Å². The number of carbonyl (C=O) groups excluding carboxylic acids is 1. The average Bonchev–Trinajstić information content (AvgIpc) is 3.11. The van der Waals surface area contributed by atoms with Gasteiger partial charge in [-0.15, -0.1) is 6.58 Å². The number of allylic oxidation sites excluding steroid dienone is 1. The maximum atomic E-state index is 12.9. The molecule has 1 aromatic heterocycles. The minimum absolute atomic E-state index is 0.269. The summed E-state index contributed by atoms with van der Waals surface area (Å²) in [5.41, 5.74) is 2.27. The van der Waals surface area contributed by atoms with Crippen LogP contribution in [-0.2, 0) is 6.54 Å². The molecule has 1 N–H and O–H groups in total. The van der Waals surface area contributed by atoms with E-state index in [1.165, 1.54) is 21.3 Å². The number of fused-ring (bicyclic) bond motifs is 1. The van der Waals surface area contributed by atoms with Crippen molar-refractivity contribution in [2.45, 2.75) is 19.5 Å². The van der Waals surface area contributed by atoms with Gasteiger partial charge in [0, 0.05) is 12.1 Å². The van der Waals surface area contributed by atoms with Gasteiger partial charge in [0.2, 0.25) is 5.75 Å². The van der Waals surface area contributed by atoms with Crippen molar-refractivity contribution in [2.75, 3.05) is 21.3 Å². The van der Waals surface area contributed by atoms with Crippen molar-refractivity contribution in [3.8, 4) is 17.2 Å². The molecule has 1 unspecified atom stereocenters. The van der Waals surface area contributed by atoms with Gasteiger partial charge in [0.1, 0.15) is 5.82 Å². The van der Waals surface area contributed by atoms with E-state index >= 15 is 0 Å². The molecule has 0 aliphatic carbocycles. The third-order valence-corrected chi connectivity index (χ3v) is 4.66. The van der Waals surface area contributed by atoms with Crippen LogP contribution in [0.1, 0.15) is 29.1 Å². The molecule has 0 spiro atoms. The lowest BCUT2D eigenvalue weighted by Crippen LogP contribution is -2.28. The van der Waals surface area contributed by atoms with Gasteiger partial charge in [-0.3, -0.25) is 4.79 Å². The van der Waals surface area contributed by atoms with E-state index in [0.29, 0.717) is 29.4 Å².